The zero-order valence-corrected chi connectivity index (χ0v) is 26.4. The fourth-order valence-electron chi connectivity index (χ4n) is 3.65. The Bertz CT molecular complexity index is 1100. The number of aliphatic hydroxyl groups is 1. The molecule has 0 radical (unpaired) electrons. The van der Waals surface area contributed by atoms with Crippen LogP contribution in [0.3, 0.4) is 0 Å². The summed E-state index contributed by atoms with van der Waals surface area (Å²) in [6.07, 6.45) is -2.63. The predicted molar refractivity (Wildman–Crippen MR) is 150 cm³/mol. The number of aliphatic hydroxyl groups excluding tert-OH is 1. The maximum atomic E-state index is 13.0. The first kappa shape index (κ1) is 35.5. The number of ether oxygens (including phenoxy) is 6. The van der Waals surface area contributed by atoms with Crippen LogP contribution in [0.15, 0.2) is 17.1 Å². The Morgan fingerprint density at radius 3 is 2.07 bits per heavy atom. The van der Waals surface area contributed by atoms with E-state index in [-0.39, 0.29) is 37.3 Å². The largest absolute Gasteiger partial charge is 0.463 e. The normalized spacial score (nSPS) is 20.9. The second-order valence-electron chi connectivity index (χ2n) is 11.1. The minimum atomic E-state index is -2.50. The standard InChI is InChI=1S/C26H43N3O12Si/c1-16(31)27-20-9-10-29(24(34)28-20)23-22(21(19(15-30)39-23)41-42(7,8)26(4,5)6)40-25(37-13-11-35-17(2)32)38-14-12-36-18(3)33/h9-10,19,21-23,25,30H,11-15H2,1-8H3,(H,27,28,31,34)/t19-,21+,22?,23-/m1/s1. The molecule has 0 saturated carbocycles. The van der Waals surface area contributed by atoms with E-state index in [1.54, 1.807) is 0 Å². The number of carbonyl (C=O) groups excluding carboxylic acids is 3. The third-order valence-electron chi connectivity index (χ3n) is 6.66. The molecule has 42 heavy (non-hydrogen) atoms. The highest BCUT2D eigenvalue weighted by Crippen LogP contribution is 2.42. The van der Waals surface area contributed by atoms with Crippen molar-refractivity contribution >= 4 is 32.0 Å². The Labute approximate surface area is 245 Å². The molecule has 0 spiro atoms. The van der Waals surface area contributed by atoms with Gasteiger partial charge in [0.15, 0.2) is 14.5 Å². The zero-order valence-electron chi connectivity index (χ0n) is 25.4. The van der Waals surface area contributed by atoms with Crippen molar-refractivity contribution in [1.29, 1.82) is 0 Å². The van der Waals surface area contributed by atoms with Gasteiger partial charge in [-0.1, -0.05) is 20.8 Å². The Kier molecular flexibility index (Phi) is 13.2. The number of amides is 1. The molecule has 1 unspecified atom stereocenters. The van der Waals surface area contributed by atoms with E-state index in [0.29, 0.717) is 0 Å². The van der Waals surface area contributed by atoms with Gasteiger partial charge < -0.3 is 43.3 Å². The number of anilines is 1. The summed E-state index contributed by atoms with van der Waals surface area (Å²) in [5.41, 5.74) is -0.757. The molecule has 1 amide bonds. The number of aromatic nitrogens is 2. The Morgan fingerprint density at radius 1 is 1.05 bits per heavy atom. The minimum absolute atomic E-state index is 0.0486. The summed E-state index contributed by atoms with van der Waals surface area (Å²) in [4.78, 5) is 50.7. The molecule has 1 aliphatic rings. The average Bonchev–Trinajstić information content (AvgIpc) is 3.18. The van der Waals surface area contributed by atoms with Gasteiger partial charge in [0.05, 0.1) is 19.8 Å². The first-order valence-electron chi connectivity index (χ1n) is 13.5. The molecule has 16 heteroatoms. The summed E-state index contributed by atoms with van der Waals surface area (Å²) < 4.78 is 41.3. The summed E-state index contributed by atoms with van der Waals surface area (Å²) in [5, 5.41) is 12.5. The van der Waals surface area contributed by atoms with Crippen molar-refractivity contribution in [1.82, 2.24) is 9.55 Å². The zero-order chi connectivity index (χ0) is 31.7. The van der Waals surface area contributed by atoms with Crippen LogP contribution in [0.2, 0.25) is 18.1 Å². The summed E-state index contributed by atoms with van der Waals surface area (Å²) in [7, 11) is -2.50. The molecule has 4 atom stereocenters. The van der Waals surface area contributed by atoms with Crippen molar-refractivity contribution < 1.29 is 52.3 Å². The second kappa shape index (κ2) is 15.7. The van der Waals surface area contributed by atoms with E-state index in [1.165, 1.54) is 33.0 Å². The van der Waals surface area contributed by atoms with E-state index in [1.807, 2.05) is 33.9 Å². The van der Waals surface area contributed by atoms with Gasteiger partial charge in [-0.25, -0.2) is 4.79 Å². The van der Waals surface area contributed by atoms with Crippen molar-refractivity contribution in [2.45, 2.75) is 90.7 Å². The molecule has 2 N–H and O–H groups in total. The molecule has 1 saturated heterocycles. The number of hydrogen-bond acceptors (Lipinski definition) is 13. The maximum absolute atomic E-state index is 13.0. The van der Waals surface area contributed by atoms with Gasteiger partial charge in [0.2, 0.25) is 5.91 Å². The summed E-state index contributed by atoms with van der Waals surface area (Å²) in [5.74, 6) is -1.35. The van der Waals surface area contributed by atoms with Crippen molar-refractivity contribution in [2.75, 3.05) is 38.4 Å². The minimum Gasteiger partial charge on any atom is -0.463 e. The van der Waals surface area contributed by atoms with Gasteiger partial charge in [0.1, 0.15) is 37.3 Å². The lowest BCUT2D eigenvalue weighted by Crippen LogP contribution is -2.51. The quantitative estimate of drug-likeness (QED) is 0.124. The molecule has 0 aromatic carbocycles. The van der Waals surface area contributed by atoms with Crippen molar-refractivity contribution in [2.24, 2.45) is 0 Å². The van der Waals surface area contributed by atoms with Gasteiger partial charge >= 0.3 is 17.6 Å². The van der Waals surface area contributed by atoms with Gasteiger partial charge in [-0.2, -0.15) is 4.98 Å². The van der Waals surface area contributed by atoms with Gasteiger partial charge in [0.25, 0.3) is 6.48 Å². The smallest absolute Gasteiger partial charge is 0.351 e. The van der Waals surface area contributed by atoms with E-state index in [4.69, 9.17) is 32.8 Å². The van der Waals surface area contributed by atoms with Gasteiger partial charge in [-0.05, 0) is 24.2 Å². The molecule has 1 aliphatic heterocycles. The summed E-state index contributed by atoms with van der Waals surface area (Å²) in [6.45, 7) is 11.7. The van der Waals surface area contributed by atoms with Crippen LogP contribution in [0.25, 0.3) is 0 Å². The number of hydrogen-bond donors (Lipinski definition) is 2. The second-order valence-corrected chi connectivity index (χ2v) is 15.8. The highest BCUT2D eigenvalue weighted by molar-refractivity contribution is 6.74. The van der Waals surface area contributed by atoms with E-state index in [2.05, 4.69) is 10.3 Å². The Morgan fingerprint density at radius 2 is 1.62 bits per heavy atom. The molecule has 0 aliphatic carbocycles. The number of carbonyl (C=O) groups is 3. The molecular weight excluding hydrogens is 574 g/mol. The number of nitrogens with zero attached hydrogens (tertiary/aromatic N) is 2. The van der Waals surface area contributed by atoms with Crippen LogP contribution in [0.5, 0.6) is 0 Å². The van der Waals surface area contributed by atoms with Gasteiger partial charge in [0, 0.05) is 27.0 Å². The van der Waals surface area contributed by atoms with Crippen LogP contribution >= 0.6 is 0 Å². The average molecular weight is 618 g/mol. The van der Waals surface area contributed by atoms with Crippen molar-refractivity contribution in [3.63, 3.8) is 0 Å². The van der Waals surface area contributed by atoms with Crippen LogP contribution < -0.4 is 11.0 Å². The van der Waals surface area contributed by atoms with E-state index in [0.717, 1.165) is 4.57 Å². The first-order valence-corrected chi connectivity index (χ1v) is 16.4. The van der Waals surface area contributed by atoms with Crippen molar-refractivity contribution in [3.05, 3.63) is 22.7 Å². The topological polar surface area (TPSA) is 183 Å². The van der Waals surface area contributed by atoms with Gasteiger partial charge in [-0.15, -0.1) is 0 Å². The van der Waals surface area contributed by atoms with E-state index in [9.17, 15) is 24.3 Å². The first-order chi connectivity index (χ1) is 19.6. The van der Waals surface area contributed by atoms with E-state index < -0.39 is 69.5 Å². The molecule has 0 bridgehead atoms. The highest BCUT2D eigenvalue weighted by atomic mass is 28.4. The molecule has 1 aromatic heterocycles. The van der Waals surface area contributed by atoms with Crippen LogP contribution in [0, 0.1) is 0 Å². The van der Waals surface area contributed by atoms with Crippen LogP contribution in [0.4, 0.5) is 5.82 Å². The Balaban J connectivity index is 2.45. The van der Waals surface area contributed by atoms with Crippen LogP contribution in [0.1, 0.15) is 47.8 Å². The summed E-state index contributed by atoms with van der Waals surface area (Å²) >= 11 is 0. The van der Waals surface area contributed by atoms with Crippen LogP contribution in [-0.2, 0) is 47.2 Å². The number of nitrogens with one attached hydrogen (secondary N) is 1. The third-order valence-corrected chi connectivity index (χ3v) is 11.1. The molecule has 2 rings (SSSR count). The molecule has 238 valence electrons. The number of esters is 2. The summed E-state index contributed by atoms with van der Waals surface area (Å²) in [6, 6.07) is 1.42. The Hall–Kier alpha value is -2.73. The lowest BCUT2D eigenvalue weighted by Gasteiger charge is -2.40. The maximum Gasteiger partial charge on any atom is 0.351 e. The SMILES string of the molecule is CC(=O)Nc1ccn([C@@H]2O[C@H](CO)[C@H](O[Si](C)(C)C(C)(C)C)C2OC(OCCOC(C)=O)OCCOC(C)=O)c(=O)n1. The van der Waals surface area contributed by atoms with Gasteiger partial charge in [-0.3, -0.25) is 19.0 Å². The lowest BCUT2D eigenvalue weighted by atomic mass is 10.1. The fraction of sp³-hybridized carbons (Fsp3) is 0.731. The monoisotopic (exact) mass is 617 g/mol. The fourth-order valence-corrected chi connectivity index (χ4v) is 4.97. The molecular formula is C26H43N3O12Si. The van der Waals surface area contributed by atoms with Crippen LogP contribution in [-0.4, -0.2) is 98.6 Å². The molecule has 1 aromatic rings. The molecule has 15 nitrogen and oxygen atoms in total. The van der Waals surface area contributed by atoms with E-state index >= 15 is 0 Å². The predicted octanol–water partition coefficient (Wildman–Crippen LogP) is 1.31. The third kappa shape index (κ3) is 10.5. The highest BCUT2D eigenvalue weighted by Gasteiger charge is 2.52. The van der Waals surface area contributed by atoms with Crippen molar-refractivity contribution in [3.8, 4) is 0 Å². The molecule has 2 heterocycles. The number of rotatable bonds is 15. The molecule has 1 fully saturated rings. The lowest BCUT2D eigenvalue weighted by molar-refractivity contribution is -0.320.